The molecule has 4 bridgehead atoms. The molecule has 0 radical (unpaired) electrons. The molecular formula is C21H32IN3O3. The Bertz CT molecular complexity index is 759. The van der Waals surface area contributed by atoms with Crippen molar-refractivity contribution in [3.05, 3.63) is 15.5 Å². The van der Waals surface area contributed by atoms with Crippen molar-refractivity contribution in [3.63, 3.8) is 0 Å². The number of nitrogens with zero attached hydrogens (tertiary/aromatic N) is 2. The van der Waals surface area contributed by atoms with Gasteiger partial charge in [0, 0.05) is 25.4 Å². The summed E-state index contributed by atoms with van der Waals surface area (Å²) in [6.45, 7) is 9.15. The molecule has 7 heteroatoms. The molecule has 0 aromatic carbocycles. The van der Waals surface area contributed by atoms with Crippen LogP contribution >= 0.6 is 22.6 Å². The summed E-state index contributed by atoms with van der Waals surface area (Å²) in [7, 11) is 0. The van der Waals surface area contributed by atoms with Crippen LogP contribution in [0.2, 0.25) is 0 Å². The first-order valence-corrected chi connectivity index (χ1v) is 11.4. The van der Waals surface area contributed by atoms with Gasteiger partial charge in [0.1, 0.15) is 0 Å². The zero-order valence-corrected chi connectivity index (χ0v) is 19.3. The van der Waals surface area contributed by atoms with E-state index in [-0.39, 0.29) is 11.0 Å². The van der Waals surface area contributed by atoms with E-state index >= 15 is 0 Å². The molecule has 2 unspecified atom stereocenters. The van der Waals surface area contributed by atoms with Crippen LogP contribution in [0.25, 0.3) is 0 Å². The lowest BCUT2D eigenvalue weighted by Crippen LogP contribution is -2.64. The number of amides is 1. The number of hydrogen-bond acceptors (Lipinski definition) is 3. The van der Waals surface area contributed by atoms with Crippen molar-refractivity contribution < 1.29 is 14.6 Å². The molecule has 1 aromatic rings. The van der Waals surface area contributed by atoms with Crippen molar-refractivity contribution >= 4 is 28.7 Å². The zero-order chi connectivity index (χ0) is 20.2. The molecule has 4 fully saturated rings. The number of rotatable bonds is 7. The molecule has 0 aliphatic heterocycles. The molecule has 2 N–H and O–H groups in total. The molecule has 4 saturated carbocycles. The summed E-state index contributed by atoms with van der Waals surface area (Å²) in [6, 6.07) is 0. The van der Waals surface area contributed by atoms with Crippen LogP contribution in [-0.4, -0.2) is 39.7 Å². The van der Waals surface area contributed by atoms with Gasteiger partial charge in [-0.2, -0.15) is 5.10 Å². The average molecular weight is 501 g/mol. The lowest BCUT2D eigenvalue weighted by Gasteiger charge is -2.69. The Hall–Kier alpha value is -0.830. The van der Waals surface area contributed by atoms with E-state index in [9.17, 15) is 4.79 Å². The highest BCUT2D eigenvalue weighted by Gasteiger charge is 2.66. The van der Waals surface area contributed by atoms with Crippen LogP contribution in [-0.2, 0) is 11.3 Å². The molecule has 0 spiro atoms. The highest BCUT2D eigenvalue weighted by atomic mass is 127. The predicted octanol–water partition coefficient (Wildman–Crippen LogP) is 4.59. The maximum absolute atomic E-state index is 10.7. The molecule has 1 heterocycles. The standard InChI is InChI=1S/C21H32IN3O3/c1-15-16(22)7-24-25(15)14-20-9-18(2)8-19(3,10-20)12-21(11-18,13-20)28-6-4-5-23-17(26)27/h7,23H,4-6,8-14H2,1-3H3,(H,26,27). The quantitative estimate of drug-likeness (QED) is 0.424. The lowest BCUT2D eigenvalue weighted by molar-refractivity contribution is -0.248. The van der Waals surface area contributed by atoms with Crippen LogP contribution in [0.4, 0.5) is 4.79 Å². The first-order chi connectivity index (χ1) is 13.1. The van der Waals surface area contributed by atoms with E-state index in [1.54, 1.807) is 0 Å². The Morgan fingerprint density at radius 3 is 2.50 bits per heavy atom. The lowest BCUT2D eigenvalue weighted by atomic mass is 9.39. The zero-order valence-electron chi connectivity index (χ0n) is 17.2. The van der Waals surface area contributed by atoms with Gasteiger partial charge in [-0.1, -0.05) is 13.8 Å². The number of carbonyl (C=O) groups is 1. The van der Waals surface area contributed by atoms with Gasteiger partial charge in [0.25, 0.3) is 0 Å². The molecule has 1 aromatic heterocycles. The molecule has 0 saturated heterocycles. The van der Waals surface area contributed by atoms with Crippen LogP contribution < -0.4 is 5.32 Å². The highest BCUT2D eigenvalue weighted by molar-refractivity contribution is 14.1. The highest BCUT2D eigenvalue weighted by Crippen LogP contribution is 2.72. The minimum atomic E-state index is -0.960. The molecule has 4 aliphatic carbocycles. The summed E-state index contributed by atoms with van der Waals surface area (Å²) < 4.78 is 10.0. The smallest absolute Gasteiger partial charge is 0.404 e. The predicted molar refractivity (Wildman–Crippen MR) is 115 cm³/mol. The van der Waals surface area contributed by atoms with E-state index in [0.717, 1.165) is 32.2 Å². The minimum absolute atomic E-state index is 0.0598. The van der Waals surface area contributed by atoms with Gasteiger partial charge in [-0.25, -0.2) is 4.79 Å². The molecule has 2 atom stereocenters. The van der Waals surface area contributed by atoms with Gasteiger partial charge >= 0.3 is 6.09 Å². The van der Waals surface area contributed by atoms with Crippen LogP contribution in [0, 0.1) is 26.7 Å². The van der Waals surface area contributed by atoms with Crippen molar-refractivity contribution in [2.75, 3.05) is 13.2 Å². The van der Waals surface area contributed by atoms with E-state index in [2.05, 4.69) is 58.5 Å². The van der Waals surface area contributed by atoms with Gasteiger partial charge in [0.15, 0.2) is 0 Å². The molecule has 156 valence electrons. The number of ether oxygens (including phenoxy) is 1. The van der Waals surface area contributed by atoms with E-state index < -0.39 is 6.09 Å². The third-order valence-electron chi connectivity index (χ3n) is 7.19. The van der Waals surface area contributed by atoms with Gasteiger partial charge < -0.3 is 15.2 Å². The molecule has 4 aliphatic rings. The van der Waals surface area contributed by atoms with Crippen LogP contribution in [0.5, 0.6) is 0 Å². The second-order valence-electron chi connectivity index (χ2n) is 10.5. The van der Waals surface area contributed by atoms with Gasteiger partial charge in [0.2, 0.25) is 0 Å². The van der Waals surface area contributed by atoms with Gasteiger partial charge in [0.05, 0.1) is 15.4 Å². The SMILES string of the molecule is Cc1c(I)cnn1CC12CC3(C)CC(C)(C1)CC(OCCCNC(=O)O)(C3)C2. The maximum atomic E-state index is 10.7. The number of aromatic nitrogens is 2. The molecule has 28 heavy (non-hydrogen) atoms. The van der Waals surface area contributed by atoms with Crippen molar-refractivity contribution in [1.29, 1.82) is 0 Å². The monoisotopic (exact) mass is 501 g/mol. The van der Waals surface area contributed by atoms with E-state index in [4.69, 9.17) is 9.84 Å². The Balaban J connectivity index is 1.53. The van der Waals surface area contributed by atoms with Crippen molar-refractivity contribution in [2.24, 2.45) is 16.2 Å². The normalized spacial score (nSPS) is 38.7. The second kappa shape index (κ2) is 6.86. The topological polar surface area (TPSA) is 76.4 Å². The number of halogens is 1. The third kappa shape index (κ3) is 3.80. The molecule has 6 nitrogen and oxygen atoms in total. The largest absolute Gasteiger partial charge is 0.465 e. The van der Waals surface area contributed by atoms with Crippen molar-refractivity contribution in [2.45, 2.75) is 77.9 Å². The first kappa shape index (κ1) is 20.4. The molecule has 5 rings (SSSR count). The maximum Gasteiger partial charge on any atom is 0.404 e. The fourth-order valence-electron chi connectivity index (χ4n) is 7.61. The summed E-state index contributed by atoms with van der Waals surface area (Å²) in [6.07, 6.45) is 8.94. The summed E-state index contributed by atoms with van der Waals surface area (Å²) in [4.78, 5) is 10.7. The van der Waals surface area contributed by atoms with Crippen molar-refractivity contribution in [1.82, 2.24) is 15.1 Å². The summed E-state index contributed by atoms with van der Waals surface area (Å²) >= 11 is 2.37. The number of nitrogens with one attached hydrogen (secondary N) is 1. The third-order valence-corrected chi connectivity index (χ3v) is 8.25. The van der Waals surface area contributed by atoms with E-state index in [1.807, 2.05) is 6.20 Å². The van der Waals surface area contributed by atoms with Gasteiger partial charge in [-0.15, -0.1) is 0 Å². The van der Waals surface area contributed by atoms with Crippen LogP contribution in [0.3, 0.4) is 0 Å². The van der Waals surface area contributed by atoms with E-state index in [1.165, 1.54) is 28.5 Å². The average Bonchev–Trinajstić information content (AvgIpc) is 2.82. The Morgan fingerprint density at radius 1 is 1.25 bits per heavy atom. The fourth-order valence-corrected chi connectivity index (χ4v) is 8.01. The number of carboxylic acid groups (broad SMARTS) is 1. The van der Waals surface area contributed by atoms with Crippen molar-refractivity contribution in [3.8, 4) is 0 Å². The van der Waals surface area contributed by atoms with Gasteiger partial charge in [-0.05, 0) is 90.7 Å². The van der Waals surface area contributed by atoms with Crippen LogP contribution in [0.1, 0.15) is 64.5 Å². The number of hydrogen-bond donors (Lipinski definition) is 2. The summed E-state index contributed by atoms with van der Waals surface area (Å²) in [5.41, 5.74) is 2.11. The summed E-state index contributed by atoms with van der Waals surface area (Å²) in [5.74, 6) is 0. The second-order valence-corrected chi connectivity index (χ2v) is 11.7. The Labute approximate surface area is 180 Å². The van der Waals surface area contributed by atoms with E-state index in [0.29, 0.717) is 24.0 Å². The summed E-state index contributed by atoms with van der Waals surface area (Å²) in [5, 5.41) is 15.9. The first-order valence-electron chi connectivity index (χ1n) is 10.3. The molecule has 1 amide bonds. The minimum Gasteiger partial charge on any atom is -0.465 e. The fraction of sp³-hybridized carbons (Fsp3) is 0.810. The molecular weight excluding hydrogens is 469 g/mol. The van der Waals surface area contributed by atoms with Crippen LogP contribution in [0.15, 0.2) is 6.20 Å². The van der Waals surface area contributed by atoms with Gasteiger partial charge in [-0.3, -0.25) is 4.68 Å². The Morgan fingerprint density at radius 2 is 1.93 bits per heavy atom. The Kier molecular flexibility index (Phi) is 5.01.